The van der Waals surface area contributed by atoms with Gasteiger partial charge in [0.15, 0.2) is 0 Å². The van der Waals surface area contributed by atoms with Crippen LogP contribution in [0.25, 0.3) is 0 Å². The molecule has 3 nitrogen and oxygen atoms in total. The summed E-state index contributed by atoms with van der Waals surface area (Å²) in [6.45, 7) is 11.4. The van der Waals surface area contributed by atoms with Crippen molar-refractivity contribution in [2.75, 3.05) is 20.1 Å². The molecule has 0 atom stereocenters. The molecular formula is C13H25N3S. The lowest BCUT2D eigenvalue weighted by Gasteiger charge is -2.28. The zero-order valence-electron chi connectivity index (χ0n) is 11.7. The third-order valence-corrected chi connectivity index (χ3v) is 3.94. The molecule has 0 aromatic carbocycles. The predicted molar refractivity (Wildman–Crippen MR) is 75.4 cm³/mol. The van der Waals surface area contributed by atoms with E-state index in [4.69, 9.17) is 5.73 Å². The molecule has 2 N–H and O–H groups in total. The van der Waals surface area contributed by atoms with Gasteiger partial charge in [0.2, 0.25) is 0 Å². The first-order valence-electron chi connectivity index (χ1n) is 6.17. The fraction of sp³-hybridized carbons (Fsp3) is 0.769. The highest BCUT2D eigenvalue weighted by Gasteiger charge is 2.18. The smallest absolute Gasteiger partial charge is 0.0954 e. The molecule has 1 rings (SSSR count). The van der Waals surface area contributed by atoms with Crippen LogP contribution in [0.2, 0.25) is 0 Å². The maximum Gasteiger partial charge on any atom is 0.0954 e. The van der Waals surface area contributed by atoms with Crippen molar-refractivity contribution in [2.45, 2.75) is 40.2 Å². The molecular weight excluding hydrogens is 230 g/mol. The van der Waals surface area contributed by atoms with Crippen LogP contribution in [0.15, 0.2) is 5.38 Å². The molecule has 0 spiro atoms. The second-order valence-corrected chi connectivity index (χ2v) is 6.76. The molecule has 0 aliphatic rings. The van der Waals surface area contributed by atoms with Gasteiger partial charge in [-0.05, 0) is 19.0 Å². The summed E-state index contributed by atoms with van der Waals surface area (Å²) in [7, 11) is 2.13. The summed E-state index contributed by atoms with van der Waals surface area (Å²) < 4.78 is 0. The van der Waals surface area contributed by atoms with E-state index in [-0.39, 0.29) is 5.41 Å². The predicted octanol–water partition coefficient (Wildman–Crippen LogP) is 2.68. The zero-order chi connectivity index (χ0) is 13.1. The van der Waals surface area contributed by atoms with Crippen LogP contribution in [0.5, 0.6) is 0 Å². The van der Waals surface area contributed by atoms with E-state index in [0.717, 1.165) is 13.1 Å². The molecule has 17 heavy (non-hydrogen) atoms. The molecule has 0 amide bonds. The summed E-state index contributed by atoms with van der Waals surface area (Å²) in [6.07, 6.45) is 0. The molecule has 1 aromatic heterocycles. The van der Waals surface area contributed by atoms with Crippen molar-refractivity contribution < 1.29 is 0 Å². The third kappa shape index (κ3) is 4.74. The molecule has 0 aliphatic heterocycles. The quantitative estimate of drug-likeness (QED) is 0.850. The Morgan fingerprint density at radius 3 is 2.59 bits per heavy atom. The van der Waals surface area contributed by atoms with Gasteiger partial charge in [0.25, 0.3) is 0 Å². The van der Waals surface area contributed by atoms with Crippen LogP contribution < -0.4 is 5.73 Å². The molecule has 1 heterocycles. The second-order valence-electron chi connectivity index (χ2n) is 5.87. The molecule has 0 saturated heterocycles. The molecule has 0 unspecified atom stereocenters. The third-order valence-electron chi connectivity index (χ3n) is 2.75. The maximum absolute atomic E-state index is 5.75. The summed E-state index contributed by atoms with van der Waals surface area (Å²) in [4.78, 5) is 6.95. The van der Waals surface area contributed by atoms with Gasteiger partial charge in [-0.1, -0.05) is 27.7 Å². The SMILES string of the molecule is CC(C)c1nc(CN(C)CC(C)(C)CN)cs1. The maximum atomic E-state index is 5.75. The Kier molecular flexibility index (Phi) is 5.10. The summed E-state index contributed by atoms with van der Waals surface area (Å²) in [6, 6.07) is 0. The van der Waals surface area contributed by atoms with E-state index in [1.807, 2.05) is 0 Å². The number of hydrogen-bond acceptors (Lipinski definition) is 4. The van der Waals surface area contributed by atoms with Gasteiger partial charge in [-0.2, -0.15) is 0 Å². The van der Waals surface area contributed by atoms with Crippen molar-refractivity contribution in [3.63, 3.8) is 0 Å². The van der Waals surface area contributed by atoms with Crippen molar-refractivity contribution >= 4 is 11.3 Å². The highest BCUT2D eigenvalue weighted by molar-refractivity contribution is 7.09. The zero-order valence-corrected chi connectivity index (χ0v) is 12.5. The standard InChI is InChI=1S/C13H25N3S/c1-10(2)12-15-11(7-17-12)6-16(5)9-13(3,4)8-14/h7,10H,6,8-9,14H2,1-5H3. The van der Waals surface area contributed by atoms with Crippen LogP contribution in [-0.4, -0.2) is 30.0 Å². The lowest BCUT2D eigenvalue weighted by Crippen LogP contribution is -2.36. The fourth-order valence-corrected chi connectivity index (χ4v) is 2.61. The van der Waals surface area contributed by atoms with Gasteiger partial charge < -0.3 is 5.73 Å². The number of nitrogens with zero attached hydrogens (tertiary/aromatic N) is 2. The summed E-state index contributed by atoms with van der Waals surface area (Å²) in [5.41, 5.74) is 7.10. The molecule has 0 fully saturated rings. The van der Waals surface area contributed by atoms with Gasteiger partial charge in [-0.3, -0.25) is 4.90 Å². The summed E-state index contributed by atoms with van der Waals surface area (Å²) in [5, 5.41) is 3.40. The number of aromatic nitrogens is 1. The van der Waals surface area contributed by atoms with Gasteiger partial charge in [0, 0.05) is 24.4 Å². The van der Waals surface area contributed by atoms with Crippen LogP contribution in [-0.2, 0) is 6.54 Å². The molecule has 0 saturated carbocycles. The number of nitrogens with two attached hydrogens (primary N) is 1. The number of thiazole rings is 1. The van der Waals surface area contributed by atoms with E-state index in [0.29, 0.717) is 12.5 Å². The van der Waals surface area contributed by atoms with E-state index in [9.17, 15) is 0 Å². The van der Waals surface area contributed by atoms with Crippen LogP contribution in [0.3, 0.4) is 0 Å². The average molecular weight is 255 g/mol. The van der Waals surface area contributed by atoms with Crippen molar-refractivity contribution in [1.82, 2.24) is 9.88 Å². The van der Waals surface area contributed by atoms with E-state index >= 15 is 0 Å². The fourth-order valence-electron chi connectivity index (χ4n) is 1.79. The molecule has 98 valence electrons. The number of rotatable bonds is 6. The molecule has 1 aromatic rings. The van der Waals surface area contributed by atoms with Gasteiger partial charge in [-0.25, -0.2) is 4.98 Å². The Morgan fingerprint density at radius 1 is 1.47 bits per heavy atom. The van der Waals surface area contributed by atoms with Crippen molar-refractivity contribution in [2.24, 2.45) is 11.1 Å². The minimum absolute atomic E-state index is 0.172. The lowest BCUT2D eigenvalue weighted by atomic mass is 9.93. The van der Waals surface area contributed by atoms with Crippen molar-refractivity contribution in [3.8, 4) is 0 Å². The van der Waals surface area contributed by atoms with Crippen molar-refractivity contribution in [1.29, 1.82) is 0 Å². The first-order valence-corrected chi connectivity index (χ1v) is 7.05. The lowest BCUT2D eigenvalue weighted by molar-refractivity contribution is 0.208. The number of hydrogen-bond donors (Lipinski definition) is 1. The molecule has 0 bridgehead atoms. The van der Waals surface area contributed by atoms with E-state index < -0.39 is 0 Å². The molecule has 0 aliphatic carbocycles. The Labute approximate surface area is 109 Å². The minimum Gasteiger partial charge on any atom is -0.330 e. The van der Waals surface area contributed by atoms with Gasteiger partial charge in [0.1, 0.15) is 0 Å². The van der Waals surface area contributed by atoms with Gasteiger partial charge in [-0.15, -0.1) is 11.3 Å². The first-order chi connectivity index (χ1) is 7.84. The normalized spacial score (nSPS) is 12.7. The Hall–Kier alpha value is -0.450. The van der Waals surface area contributed by atoms with E-state index in [2.05, 4.69) is 50.0 Å². The van der Waals surface area contributed by atoms with Crippen molar-refractivity contribution in [3.05, 3.63) is 16.1 Å². The highest BCUT2D eigenvalue weighted by atomic mass is 32.1. The highest BCUT2D eigenvalue weighted by Crippen LogP contribution is 2.21. The molecule has 4 heteroatoms. The van der Waals surface area contributed by atoms with E-state index in [1.165, 1.54) is 10.7 Å². The topological polar surface area (TPSA) is 42.2 Å². The Morgan fingerprint density at radius 2 is 2.12 bits per heavy atom. The van der Waals surface area contributed by atoms with Crippen LogP contribution in [0.4, 0.5) is 0 Å². The monoisotopic (exact) mass is 255 g/mol. The Bertz CT molecular complexity index is 344. The first kappa shape index (κ1) is 14.6. The largest absolute Gasteiger partial charge is 0.330 e. The van der Waals surface area contributed by atoms with Crippen LogP contribution in [0, 0.1) is 5.41 Å². The summed E-state index contributed by atoms with van der Waals surface area (Å²) >= 11 is 1.76. The summed E-state index contributed by atoms with van der Waals surface area (Å²) in [5.74, 6) is 0.527. The van der Waals surface area contributed by atoms with Gasteiger partial charge in [0.05, 0.1) is 10.7 Å². The average Bonchev–Trinajstić information content (AvgIpc) is 2.65. The molecule has 0 radical (unpaired) electrons. The minimum atomic E-state index is 0.172. The Balaban J connectivity index is 2.53. The van der Waals surface area contributed by atoms with Gasteiger partial charge >= 0.3 is 0 Å². The second kappa shape index (κ2) is 5.94. The van der Waals surface area contributed by atoms with E-state index in [1.54, 1.807) is 11.3 Å². The van der Waals surface area contributed by atoms with Crippen LogP contribution in [0.1, 0.15) is 44.3 Å². The van der Waals surface area contributed by atoms with Crippen LogP contribution >= 0.6 is 11.3 Å².